The SMILES string of the molecule is CCc1ccc(C(=O)NNC(=O)c2c(C)nn(-c3ccccc3)c2C)cc1. The van der Waals surface area contributed by atoms with Crippen LogP contribution in [-0.4, -0.2) is 21.6 Å². The number of carbonyl (C=O) groups excluding carboxylic acids is 2. The van der Waals surface area contributed by atoms with E-state index in [1.807, 2.05) is 49.4 Å². The lowest BCUT2D eigenvalue weighted by atomic mass is 10.1. The maximum atomic E-state index is 12.6. The van der Waals surface area contributed by atoms with E-state index < -0.39 is 5.91 Å². The molecule has 3 aromatic rings. The van der Waals surface area contributed by atoms with E-state index in [1.165, 1.54) is 0 Å². The molecule has 0 unspecified atom stereocenters. The molecular formula is C21H22N4O2. The van der Waals surface area contributed by atoms with E-state index in [-0.39, 0.29) is 5.91 Å². The van der Waals surface area contributed by atoms with Crippen LogP contribution in [0.4, 0.5) is 0 Å². The minimum Gasteiger partial charge on any atom is -0.267 e. The quantitative estimate of drug-likeness (QED) is 0.700. The second kappa shape index (κ2) is 7.86. The van der Waals surface area contributed by atoms with Gasteiger partial charge in [0.15, 0.2) is 0 Å². The predicted molar refractivity (Wildman–Crippen MR) is 104 cm³/mol. The first-order chi connectivity index (χ1) is 13.0. The number of rotatable bonds is 4. The number of carbonyl (C=O) groups is 2. The summed E-state index contributed by atoms with van der Waals surface area (Å²) in [6, 6.07) is 16.9. The molecule has 0 aliphatic rings. The van der Waals surface area contributed by atoms with Crippen molar-refractivity contribution < 1.29 is 9.59 Å². The van der Waals surface area contributed by atoms with E-state index >= 15 is 0 Å². The molecule has 1 aromatic heterocycles. The molecule has 3 rings (SSSR count). The summed E-state index contributed by atoms with van der Waals surface area (Å²) in [6.07, 6.45) is 0.905. The lowest BCUT2D eigenvalue weighted by Crippen LogP contribution is -2.42. The molecule has 0 radical (unpaired) electrons. The lowest BCUT2D eigenvalue weighted by Gasteiger charge is -2.09. The van der Waals surface area contributed by atoms with Crippen molar-refractivity contribution in [2.45, 2.75) is 27.2 Å². The Morgan fingerprint density at radius 2 is 1.56 bits per heavy atom. The van der Waals surface area contributed by atoms with E-state index in [4.69, 9.17) is 0 Å². The van der Waals surface area contributed by atoms with Gasteiger partial charge in [0.05, 0.1) is 22.6 Å². The third-order valence-corrected chi connectivity index (χ3v) is 4.43. The van der Waals surface area contributed by atoms with E-state index in [0.29, 0.717) is 22.5 Å². The fourth-order valence-corrected chi connectivity index (χ4v) is 2.93. The molecular weight excluding hydrogens is 340 g/mol. The van der Waals surface area contributed by atoms with Crippen LogP contribution in [0.5, 0.6) is 0 Å². The van der Waals surface area contributed by atoms with E-state index in [2.05, 4.69) is 22.9 Å². The van der Waals surface area contributed by atoms with Gasteiger partial charge in [0.2, 0.25) is 0 Å². The van der Waals surface area contributed by atoms with Gasteiger partial charge in [-0.2, -0.15) is 5.10 Å². The Balaban J connectivity index is 1.73. The van der Waals surface area contributed by atoms with Crippen LogP contribution in [0.15, 0.2) is 54.6 Å². The summed E-state index contributed by atoms with van der Waals surface area (Å²) in [5.41, 5.74) is 9.19. The summed E-state index contributed by atoms with van der Waals surface area (Å²) >= 11 is 0. The number of nitrogens with one attached hydrogen (secondary N) is 2. The average molecular weight is 362 g/mol. The fourth-order valence-electron chi connectivity index (χ4n) is 2.93. The van der Waals surface area contributed by atoms with Gasteiger partial charge < -0.3 is 0 Å². The molecule has 27 heavy (non-hydrogen) atoms. The molecule has 6 heteroatoms. The van der Waals surface area contributed by atoms with Crippen LogP contribution in [0.25, 0.3) is 5.69 Å². The van der Waals surface area contributed by atoms with Gasteiger partial charge in [-0.05, 0) is 50.1 Å². The molecule has 1 heterocycles. The van der Waals surface area contributed by atoms with Crippen molar-refractivity contribution >= 4 is 11.8 Å². The second-order valence-electron chi connectivity index (χ2n) is 6.25. The standard InChI is InChI=1S/C21H22N4O2/c1-4-16-10-12-17(13-11-16)20(26)22-23-21(27)19-14(2)24-25(15(19)3)18-8-6-5-7-9-18/h5-13H,4H2,1-3H3,(H,22,26)(H,23,27). The number of aromatic nitrogens is 2. The highest BCUT2D eigenvalue weighted by Crippen LogP contribution is 2.17. The molecule has 0 saturated heterocycles. The Bertz CT molecular complexity index is 960. The molecule has 0 aliphatic heterocycles. The van der Waals surface area contributed by atoms with Gasteiger partial charge in [-0.15, -0.1) is 0 Å². The van der Waals surface area contributed by atoms with Crippen LogP contribution in [0.1, 0.15) is 44.6 Å². The highest BCUT2D eigenvalue weighted by atomic mass is 16.2. The van der Waals surface area contributed by atoms with Crippen molar-refractivity contribution in [1.82, 2.24) is 20.6 Å². The van der Waals surface area contributed by atoms with Gasteiger partial charge in [-0.25, -0.2) is 4.68 Å². The normalized spacial score (nSPS) is 10.5. The number of para-hydroxylation sites is 1. The number of nitrogens with zero attached hydrogens (tertiary/aromatic N) is 2. The Morgan fingerprint density at radius 1 is 0.926 bits per heavy atom. The lowest BCUT2D eigenvalue weighted by molar-refractivity contribution is 0.0846. The van der Waals surface area contributed by atoms with Gasteiger partial charge in [0.1, 0.15) is 0 Å². The van der Waals surface area contributed by atoms with Gasteiger partial charge in [-0.3, -0.25) is 20.4 Å². The van der Waals surface area contributed by atoms with E-state index in [0.717, 1.165) is 17.7 Å². The topological polar surface area (TPSA) is 76.0 Å². The molecule has 0 fully saturated rings. The number of benzene rings is 2. The molecule has 0 spiro atoms. The van der Waals surface area contributed by atoms with Crippen molar-refractivity contribution in [2.24, 2.45) is 0 Å². The Kier molecular flexibility index (Phi) is 5.35. The van der Waals surface area contributed by atoms with Crippen LogP contribution < -0.4 is 10.9 Å². The fraction of sp³-hybridized carbons (Fsp3) is 0.190. The molecule has 0 aliphatic carbocycles. The molecule has 0 saturated carbocycles. The van der Waals surface area contributed by atoms with Crippen LogP contribution in [-0.2, 0) is 6.42 Å². The van der Waals surface area contributed by atoms with Crippen molar-refractivity contribution in [3.8, 4) is 5.69 Å². The predicted octanol–water partition coefficient (Wildman–Crippen LogP) is 3.13. The average Bonchev–Trinajstić information content (AvgIpc) is 3.00. The monoisotopic (exact) mass is 362 g/mol. The summed E-state index contributed by atoms with van der Waals surface area (Å²) in [6.45, 7) is 5.65. The minimum atomic E-state index is -0.397. The summed E-state index contributed by atoms with van der Waals surface area (Å²) in [4.78, 5) is 24.8. The summed E-state index contributed by atoms with van der Waals surface area (Å²) in [5, 5.41) is 4.45. The third kappa shape index (κ3) is 3.89. The van der Waals surface area contributed by atoms with Crippen molar-refractivity contribution in [3.63, 3.8) is 0 Å². The maximum Gasteiger partial charge on any atom is 0.273 e. The van der Waals surface area contributed by atoms with Gasteiger partial charge in [-0.1, -0.05) is 37.3 Å². The number of hydrogen-bond acceptors (Lipinski definition) is 3. The first kappa shape index (κ1) is 18.4. The zero-order valence-electron chi connectivity index (χ0n) is 15.6. The number of aryl methyl sites for hydroxylation is 2. The molecule has 2 N–H and O–H groups in total. The third-order valence-electron chi connectivity index (χ3n) is 4.43. The first-order valence-corrected chi connectivity index (χ1v) is 8.82. The van der Waals surface area contributed by atoms with Crippen LogP contribution in [0, 0.1) is 13.8 Å². The van der Waals surface area contributed by atoms with Gasteiger partial charge >= 0.3 is 0 Å². The van der Waals surface area contributed by atoms with Gasteiger partial charge in [0.25, 0.3) is 11.8 Å². The Labute approximate surface area is 158 Å². The Morgan fingerprint density at radius 3 is 2.19 bits per heavy atom. The Hall–Kier alpha value is -3.41. The summed E-state index contributed by atoms with van der Waals surface area (Å²) < 4.78 is 1.72. The maximum absolute atomic E-state index is 12.6. The van der Waals surface area contributed by atoms with E-state index in [9.17, 15) is 9.59 Å². The molecule has 0 atom stereocenters. The second-order valence-corrected chi connectivity index (χ2v) is 6.25. The number of amides is 2. The van der Waals surface area contributed by atoms with Crippen molar-refractivity contribution in [3.05, 3.63) is 82.7 Å². The number of hydrogen-bond donors (Lipinski definition) is 2. The summed E-state index contributed by atoms with van der Waals surface area (Å²) in [5.74, 6) is -0.762. The molecule has 6 nitrogen and oxygen atoms in total. The highest BCUT2D eigenvalue weighted by Gasteiger charge is 2.20. The molecule has 0 bridgehead atoms. The van der Waals surface area contributed by atoms with Crippen molar-refractivity contribution in [1.29, 1.82) is 0 Å². The van der Waals surface area contributed by atoms with Gasteiger partial charge in [0, 0.05) is 5.56 Å². The zero-order chi connectivity index (χ0) is 19.4. The minimum absolute atomic E-state index is 0.364. The van der Waals surface area contributed by atoms with E-state index in [1.54, 1.807) is 23.7 Å². The summed E-state index contributed by atoms with van der Waals surface area (Å²) in [7, 11) is 0. The van der Waals surface area contributed by atoms with Crippen LogP contribution in [0.3, 0.4) is 0 Å². The molecule has 2 aromatic carbocycles. The largest absolute Gasteiger partial charge is 0.273 e. The smallest absolute Gasteiger partial charge is 0.267 e. The highest BCUT2D eigenvalue weighted by molar-refractivity contribution is 6.00. The van der Waals surface area contributed by atoms with Crippen LogP contribution >= 0.6 is 0 Å². The molecule has 138 valence electrons. The molecule has 2 amide bonds. The first-order valence-electron chi connectivity index (χ1n) is 8.82. The van der Waals surface area contributed by atoms with Crippen LogP contribution in [0.2, 0.25) is 0 Å². The van der Waals surface area contributed by atoms with Crippen molar-refractivity contribution in [2.75, 3.05) is 0 Å². The number of hydrazine groups is 1. The zero-order valence-corrected chi connectivity index (χ0v) is 15.6.